The summed E-state index contributed by atoms with van der Waals surface area (Å²) in [5, 5.41) is 20.8. The lowest BCUT2D eigenvalue weighted by Crippen LogP contribution is -2.19. The molecule has 5 aromatic rings. The van der Waals surface area contributed by atoms with Crippen LogP contribution in [0.3, 0.4) is 0 Å². The number of nitrogens with one attached hydrogen (secondary N) is 2. The van der Waals surface area contributed by atoms with Crippen LogP contribution in [0.15, 0.2) is 60.9 Å². The number of alkyl halides is 3. The minimum absolute atomic E-state index is 0.00476. The molecule has 0 saturated carbocycles. The molecule has 1 amide bonds. The van der Waals surface area contributed by atoms with Gasteiger partial charge in [-0.1, -0.05) is 18.2 Å². The van der Waals surface area contributed by atoms with Crippen molar-refractivity contribution in [3.05, 3.63) is 78.1 Å². The Labute approximate surface area is 233 Å². The molecule has 0 unspecified atom stereocenters. The average molecular weight is 585 g/mol. The molecule has 10 nitrogen and oxygen atoms in total. The zero-order chi connectivity index (χ0) is 30.0. The molecule has 5 rings (SSSR count). The largest absolute Gasteiger partial charge is 0.503 e. The highest BCUT2D eigenvalue weighted by molar-refractivity contribution is 5.92. The van der Waals surface area contributed by atoms with Gasteiger partial charge in [-0.05, 0) is 12.1 Å². The fraction of sp³-hybridized carbons (Fsp3) is 0.148. The number of benzene rings is 2. The molecule has 0 radical (unpaired) electrons. The summed E-state index contributed by atoms with van der Waals surface area (Å²) in [4.78, 5) is 23.9. The number of nitrogens with zero attached hydrogens (tertiary/aromatic N) is 5. The molecule has 0 spiro atoms. The fourth-order valence-electron chi connectivity index (χ4n) is 4.02. The van der Waals surface area contributed by atoms with Crippen LogP contribution >= 0.6 is 0 Å². The second-order valence-electron chi connectivity index (χ2n) is 8.96. The monoisotopic (exact) mass is 585 g/mol. The molecule has 0 fully saturated rings. The molecule has 0 bridgehead atoms. The van der Waals surface area contributed by atoms with Crippen LogP contribution in [0, 0.1) is 11.6 Å². The van der Waals surface area contributed by atoms with Gasteiger partial charge in [0.25, 0.3) is 0 Å². The van der Waals surface area contributed by atoms with Crippen molar-refractivity contribution in [2.75, 3.05) is 17.2 Å². The minimum atomic E-state index is -4.67. The minimum Gasteiger partial charge on any atom is -0.503 e. The van der Waals surface area contributed by atoms with Crippen LogP contribution in [0.1, 0.15) is 12.5 Å². The van der Waals surface area contributed by atoms with Gasteiger partial charge < -0.3 is 20.5 Å². The normalized spacial score (nSPS) is 11.5. The number of aromatic nitrogens is 5. The van der Waals surface area contributed by atoms with Crippen LogP contribution in [0.25, 0.3) is 22.4 Å². The standard InChI is InChI=1S/C27H20F5N7O3/c1-14(40)35-23-8-15(6-7-33-23)36-25-22(41)11-34-26(37-25)24-17-4-2-3-5-21(17)39(38-24)12-18-19(28)9-16(10-20(18)29)42-13-27(30,31)32/h2-11,41H,12-13H2,1H3,(H2,33,34,35,36,37,40). The van der Waals surface area contributed by atoms with Crippen LogP contribution < -0.4 is 15.4 Å². The topological polar surface area (TPSA) is 127 Å². The molecular weight excluding hydrogens is 565 g/mol. The highest BCUT2D eigenvalue weighted by Crippen LogP contribution is 2.32. The van der Waals surface area contributed by atoms with E-state index < -0.39 is 42.3 Å². The molecule has 0 aliphatic rings. The molecule has 216 valence electrons. The third-order valence-corrected chi connectivity index (χ3v) is 5.79. The lowest BCUT2D eigenvalue weighted by atomic mass is 10.1. The first-order chi connectivity index (χ1) is 20.0. The smallest absolute Gasteiger partial charge is 0.422 e. The maximum Gasteiger partial charge on any atom is 0.422 e. The summed E-state index contributed by atoms with van der Waals surface area (Å²) in [6, 6.07) is 11.2. The summed E-state index contributed by atoms with van der Waals surface area (Å²) in [6.07, 6.45) is -2.09. The summed E-state index contributed by atoms with van der Waals surface area (Å²) in [5.41, 5.74) is 0.686. The van der Waals surface area contributed by atoms with Gasteiger partial charge in [0.2, 0.25) is 5.91 Å². The van der Waals surface area contributed by atoms with Crippen molar-refractivity contribution in [2.24, 2.45) is 0 Å². The number of halogens is 5. The van der Waals surface area contributed by atoms with E-state index in [1.54, 1.807) is 30.3 Å². The number of para-hydroxylation sites is 1. The fourth-order valence-corrected chi connectivity index (χ4v) is 4.02. The van der Waals surface area contributed by atoms with Gasteiger partial charge in [0.15, 0.2) is 24.0 Å². The number of anilines is 3. The van der Waals surface area contributed by atoms with E-state index in [2.05, 4.69) is 35.4 Å². The average Bonchev–Trinajstić information content (AvgIpc) is 3.29. The maximum absolute atomic E-state index is 14.8. The summed E-state index contributed by atoms with van der Waals surface area (Å²) < 4.78 is 72.7. The first-order valence-electron chi connectivity index (χ1n) is 12.2. The molecule has 2 aromatic carbocycles. The number of aromatic hydroxyl groups is 1. The Balaban J connectivity index is 1.47. The van der Waals surface area contributed by atoms with E-state index in [-0.39, 0.29) is 34.8 Å². The molecule has 42 heavy (non-hydrogen) atoms. The molecule has 0 saturated heterocycles. The molecule has 0 atom stereocenters. The van der Waals surface area contributed by atoms with Gasteiger partial charge in [-0.25, -0.2) is 23.7 Å². The lowest BCUT2D eigenvalue weighted by molar-refractivity contribution is -0.153. The number of rotatable bonds is 8. The zero-order valence-corrected chi connectivity index (χ0v) is 21.6. The van der Waals surface area contributed by atoms with Crippen molar-refractivity contribution in [3.63, 3.8) is 0 Å². The Morgan fingerprint density at radius 3 is 2.52 bits per heavy atom. The van der Waals surface area contributed by atoms with Crippen molar-refractivity contribution in [3.8, 4) is 23.0 Å². The number of fused-ring (bicyclic) bond motifs is 1. The Kier molecular flexibility index (Phi) is 7.56. The Bertz CT molecular complexity index is 1770. The summed E-state index contributed by atoms with van der Waals surface area (Å²) >= 11 is 0. The number of amides is 1. The van der Waals surface area contributed by atoms with E-state index >= 15 is 0 Å². The van der Waals surface area contributed by atoms with Gasteiger partial charge in [-0.2, -0.15) is 18.3 Å². The van der Waals surface area contributed by atoms with Crippen LogP contribution in [-0.4, -0.2) is 48.5 Å². The molecule has 3 aromatic heterocycles. The Hall–Kier alpha value is -5.34. The van der Waals surface area contributed by atoms with E-state index in [1.807, 2.05) is 0 Å². The number of carbonyl (C=O) groups is 1. The van der Waals surface area contributed by atoms with Gasteiger partial charge in [0, 0.05) is 48.0 Å². The number of carbonyl (C=O) groups excluding carboxylic acids is 1. The van der Waals surface area contributed by atoms with Gasteiger partial charge >= 0.3 is 6.18 Å². The van der Waals surface area contributed by atoms with E-state index in [0.29, 0.717) is 28.7 Å². The predicted molar refractivity (Wildman–Crippen MR) is 141 cm³/mol. The van der Waals surface area contributed by atoms with E-state index in [1.165, 1.54) is 23.9 Å². The highest BCUT2D eigenvalue weighted by Gasteiger charge is 2.29. The summed E-state index contributed by atoms with van der Waals surface area (Å²) in [5.74, 6) is -3.10. The van der Waals surface area contributed by atoms with E-state index in [4.69, 9.17) is 0 Å². The third-order valence-electron chi connectivity index (χ3n) is 5.79. The van der Waals surface area contributed by atoms with Crippen LogP contribution in [0.2, 0.25) is 0 Å². The van der Waals surface area contributed by atoms with E-state index in [9.17, 15) is 31.9 Å². The molecular formula is C27H20F5N7O3. The second kappa shape index (κ2) is 11.3. The van der Waals surface area contributed by atoms with Crippen LogP contribution in [0.5, 0.6) is 11.5 Å². The molecule has 3 heterocycles. The van der Waals surface area contributed by atoms with Crippen molar-refractivity contribution < 1.29 is 36.6 Å². The van der Waals surface area contributed by atoms with E-state index in [0.717, 1.165) is 6.20 Å². The van der Waals surface area contributed by atoms with Crippen molar-refractivity contribution in [2.45, 2.75) is 19.6 Å². The first kappa shape index (κ1) is 28.2. The van der Waals surface area contributed by atoms with Crippen molar-refractivity contribution in [1.82, 2.24) is 24.7 Å². The Morgan fingerprint density at radius 1 is 1.07 bits per heavy atom. The van der Waals surface area contributed by atoms with Gasteiger partial charge in [0.05, 0.1) is 18.3 Å². The van der Waals surface area contributed by atoms with Gasteiger partial charge in [-0.3, -0.25) is 9.48 Å². The summed E-state index contributed by atoms with van der Waals surface area (Å²) in [6.45, 7) is -0.776. The Morgan fingerprint density at radius 2 is 1.81 bits per heavy atom. The van der Waals surface area contributed by atoms with Crippen LogP contribution in [0.4, 0.5) is 39.3 Å². The van der Waals surface area contributed by atoms with Crippen molar-refractivity contribution >= 4 is 34.1 Å². The number of ether oxygens (including phenoxy) is 1. The van der Waals surface area contributed by atoms with Crippen LogP contribution in [-0.2, 0) is 11.3 Å². The first-order valence-corrected chi connectivity index (χ1v) is 12.2. The molecule has 15 heteroatoms. The third kappa shape index (κ3) is 6.35. The van der Waals surface area contributed by atoms with Gasteiger partial charge in [0.1, 0.15) is 28.9 Å². The molecule has 0 aliphatic heterocycles. The zero-order valence-electron chi connectivity index (χ0n) is 21.6. The number of pyridine rings is 1. The number of hydrogen-bond donors (Lipinski definition) is 3. The van der Waals surface area contributed by atoms with Crippen molar-refractivity contribution in [1.29, 1.82) is 0 Å². The number of hydrogen-bond acceptors (Lipinski definition) is 8. The van der Waals surface area contributed by atoms with Gasteiger partial charge in [-0.15, -0.1) is 0 Å². The molecule has 0 aliphatic carbocycles. The highest BCUT2D eigenvalue weighted by atomic mass is 19.4. The predicted octanol–water partition coefficient (Wildman–Crippen LogP) is 5.56. The SMILES string of the molecule is CC(=O)Nc1cc(Nc2nc(-c3nn(Cc4c(F)cc(OCC(F)(F)F)cc4F)c4ccccc34)ncc2O)ccn1. The lowest BCUT2D eigenvalue weighted by Gasteiger charge is -2.12. The maximum atomic E-state index is 14.8. The summed E-state index contributed by atoms with van der Waals surface area (Å²) in [7, 11) is 0. The molecule has 3 N–H and O–H groups in total. The quantitative estimate of drug-likeness (QED) is 0.202. The second-order valence-corrected chi connectivity index (χ2v) is 8.96.